The standard InChI is InChI=1S/C15H27NO/c1-12-10-11-17-15(12)14(16-2)13-8-6-4-3-5-7-9-13/h8,12,14-16H,3-7,9-11H2,1-2H3. The van der Waals surface area contributed by atoms with Crippen LogP contribution in [-0.4, -0.2) is 25.8 Å². The third kappa shape index (κ3) is 3.32. The Morgan fingerprint density at radius 3 is 2.82 bits per heavy atom. The van der Waals surface area contributed by atoms with E-state index in [1.54, 1.807) is 5.57 Å². The van der Waals surface area contributed by atoms with Crippen LogP contribution in [0, 0.1) is 5.92 Å². The van der Waals surface area contributed by atoms with Gasteiger partial charge >= 0.3 is 0 Å². The van der Waals surface area contributed by atoms with E-state index in [2.05, 4.69) is 25.4 Å². The third-order valence-corrected chi connectivity index (χ3v) is 4.31. The van der Waals surface area contributed by atoms with E-state index in [-0.39, 0.29) is 0 Å². The van der Waals surface area contributed by atoms with Crippen molar-refractivity contribution in [3.8, 4) is 0 Å². The molecule has 1 N–H and O–H groups in total. The van der Waals surface area contributed by atoms with Crippen molar-refractivity contribution in [1.29, 1.82) is 0 Å². The molecule has 2 aliphatic rings. The maximum Gasteiger partial charge on any atom is 0.0792 e. The fraction of sp³-hybridized carbons (Fsp3) is 0.867. The molecule has 1 fully saturated rings. The van der Waals surface area contributed by atoms with Crippen molar-refractivity contribution >= 4 is 0 Å². The van der Waals surface area contributed by atoms with E-state index in [0.717, 1.165) is 6.61 Å². The number of hydrogen-bond donors (Lipinski definition) is 1. The fourth-order valence-electron chi connectivity index (χ4n) is 3.20. The predicted molar refractivity (Wildman–Crippen MR) is 72.2 cm³/mol. The average Bonchev–Trinajstić information content (AvgIpc) is 2.69. The Labute approximate surface area is 106 Å². The molecule has 3 unspecified atom stereocenters. The van der Waals surface area contributed by atoms with Crippen molar-refractivity contribution in [2.75, 3.05) is 13.7 Å². The third-order valence-electron chi connectivity index (χ3n) is 4.31. The first-order valence-corrected chi connectivity index (χ1v) is 7.30. The lowest BCUT2D eigenvalue weighted by Gasteiger charge is -2.29. The van der Waals surface area contributed by atoms with Gasteiger partial charge in [-0.2, -0.15) is 0 Å². The van der Waals surface area contributed by atoms with E-state index < -0.39 is 0 Å². The van der Waals surface area contributed by atoms with Crippen LogP contribution in [0.15, 0.2) is 11.6 Å². The van der Waals surface area contributed by atoms with Crippen molar-refractivity contribution in [1.82, 2.24) is 5.32 Å². The van der Waals surface area contributed by atoms with Crippen molar-refractivity contribution in [3.05, 3.63) is 11.6 Å². The molecule has 3 atom stereocenters. The SMILES string of the molecule is CNC(C1=CCCCCCC1)C1OCCC1C. The molecule has 2 nitrogen and oxygen atoms in total. The van der Waals surface area contributed by atoms with Crippen LogP contribution in [0.25, 0.3) is 0 Å². The van der Waals surface area contributed by atoms with Crippen molar-refractivity contribution < 1.29 is 4.74 Å². The van der Waals surface area contributed by atoms with E-state index in [4.69, 9.17) is 4.74 Å². The second-order valence-corrected chi connectivity index (χ2v) is 5.60. The molecule has 2 rings (SSSR count). The minimum absolute atomic E-state index is 0.394. The molecule has 0 aromatic rings. The summed E-state index contributed by atoms with van der Waals surface area (Å²) >= 11 is 0. The van der Waals surface area contributed by atoms with Crippen LogP contribution >= 0.6 is 0 Å². The molecule has 1 aliphatic heterocycles. The van der Waals surface area contributed by atoms with E-state index in [1.807, 2.05) is 0 Å². The zero-order valence-electron chi connectivity index (χ0n) is 11.4. The topological polar surface area (TPSA) is 21.3 Å². The Balaban J connectivity index is 2.04. The Morgan fingerprint density at radius 1 is 1.29 bits per heavy atom. The smallest absolute Gasteiger partial charge is 0.0792 e. The molecular weight excluding hydrogens is 210 g/mol. The zero-order chi connectivity index (χ0) is 12.1. The van der Waals surface area contributed by atoms with Crippen LogP contribution in [-0.2, 0) is 4.74 Å². The van der Waals surface area contributed by atoms with Gasteiger partial charge in [-0.1, -0.05) is 31.4 Å². The Kier molecular flexibility index (Phi) is 5.05. The van der Waals surface area contributed by atoms with Crippen molar-refractivity contribution in [2.45, 2.75) is 64.0 Å². The number of ether oxygens (including phenoxy) is 1. The first-order chi connectivity index (χ1) is 8.33. The van der Waals surface area contributed by atoms with Crippen LogP contribution < -0.4 is 5.32 Å². The molecule has 1 saturated heterocycles. The summed E-state index contributed by atoms with van der Waals surface area (Å²) < 4.78 is 5.94. The first-order valence-electron chi connectivity index (χ1n) is 7.30. The summed E-state index contributed by atoms with van der Waals surface area (Å²) in [6.45, 7) is 3.27. The highest BCUT2D eigenvalue weighted by Crippen LogP contribution is 2.29. The molecule has 0 aromatic heterocycles. The molecular formula is C15H27NO. The highest BCUT2D eigenvalue weighted by atomic mass is 16.5. The van der Waals surface area contributed by atoms with Gasteiger partial charge in [0.1, 0.15) is 0 Å². The van der Waals surface area contributed by atoms with Crippen molar-refractivity contribution in [3.63, 3.8) is 0 Å². The van der Waals surface area contributed by atoms with Gasteiger partial charge in [0.15, 0.2) is 0 Å². The molecule has 98 valence electrons. The Bertz CT molecular complexity index is 262. The Morgan fingerprint density at radius 2 is 2.12 bits per heavy atom. The van der Waals surface area contributed by atoms with Gasteiger partial charge in [-0.15, -0.1) is 0 Å². The normalized spacial score (nSPS) is 32.7. The second-order valence-electron chi connectivity index (χ2n) is 5.60. The van der Waals surface area contributed by atoms with Gasteiger partial charge in [-0.25, -0.2) is 0 Å². The summed E-state index contributed by atoms with van der Waals surface area (Å²) in [5.41, 5.74) is 1.60. The highest BCUT2D eigenvalue weighted by molar-refractivity contribution is 5.15. The Hall–Kier alpha value is -0.340. The van der Waals surface area contributed by atoms with Gasteiger partial charge in [0.05, 0.1) is 12.1 Å². The maximum atomic E-state index is 5.94. The van der Waals surface area contributed by atoms with Gasteiger partial charge < -0.3 is 10.1 Å². The van der Waals surface area contributed by atoms with Gasteiger partial charge in [0, 0.05) is 6.61 Å². The summed E-state index contributed by atoms with van der Waals surface area (Å²) in [6.07, 6.45) is 12.1. The van der Waals surface area contributed by atoms with Gasteiger partial charge in [0.2, 0.25) is 0 Å². The number of allylic oxidation sites excluding steroid dienone is 1. The number of likely N-dealkylation sites (N-methyl/N-ethyl adjacent to an activating group) is 1. The highest BCUT2D eigenvalue weighted by Gasteiger charge is 2.32. The van der Waals surface area contributed by atoms with E-state index in [9.17, 15) is 0 Å². The molecule has 0 amide bonds. The van der Waals surface area contributed by atoms with Crippen molar-refractivity contribution in [2.24, 2.45) is 5.92 Å². The van der Waals surface area contributed by atoms with Crippen LogP contribution in [0.1, 0.15) is 51.9 Å². The predicted octanol–water partition coefficient (Wildman–Crippen LogP) is 3.28. The number of rotatable bonds is 3. The number of nitrogens with one attached hydrogen (secondary N) is 1. The summed E-state index contributed by atoms with van der Waals surface area (Å²) in [4.78, 5) is 0. The molecule has 0 radical (unpaired) electrons. The van der Waals surface area contributed by atoms with Crippen LogP contribution in [0.4, 0.5) is 0 Å². The quantitative estimate of drug-likeness (QED) is 0.761. The molecule has 1 heterocycles. The zero-order valence-corrected chi connectivity index (χ0v) is 11.4. The lowest BCUT2D eigenvalue weighted by atomic mass is 9.88. The van der Waals surface area contributed by atoms with Crippen LogP contribution in [0.3, 0.4) is 0 Å². The largest absolute Gasteiger partial charge is 0.376 e. The molecule has 0 bridgehead atoms. The fourth-order valence-corrected chi connectivity index (χ4v) is 3.20. The monoisotopic (exact) mass is 237 g/mol. The van der Waals surface area contributed by atoms with Crippen LogP contribution in [0.5, 0.6) is 0 Å². The molecule has 17 heavy (non-hydrogen) atoms. The minimum Gasteiger partial charge on any atom is -0.376 e. The summed E-state index contributed by atoms with van der Waals surface area (Å²) in [7, 11) is 2.08. The molecule has 1 aliphatic carbocycles. The number of hydrogen-bond acceptors (Lipinski definition) is 2. The minimum atomic E-state index is 0.394. The van der Waals surface area contributed by atoms with Crippen LogP contribution in [0.2, 0.25) is 0 Å². The summed E-state index contributed by atoms with van der Waals surface area (Å²) in [6, 6.07) is 0.450. The lowest BCUT2D eigenvalue weighted by Crippen LogP contribution is -2.42. The van der Waals surface area contributed by atoms with Gasteiger partial charge in [-0.3, -0.25) is 0 Å². The maximum absolute atomic E-state index is 5.94. The second kappa shape index (κ2) is 6.55. The lowest BCUT2D eigenvalue weighted by molar-refractivity contribution is 0.0722. The van der Waals surface area contributed by atoms with Gasteiger partial charge in [0.25, 0.3) is 0 Å². The molecule has 0 spiro atoms. The molecule has 2 heteroatoms. The average molecular weight is 237 g/mol. The first kappa shape index (κ1) is 13.1. The summed E-state index contributed by atoms with van der Waals surface area (Å²) in [5, 5.41) is 3.50. The van der Waals surface area contributed by atoms with E-state index >= 15 is 0 Å². The summed E-state index contributed by atoms with van der Waals surface area (Å²) in [5.74, 6) is 0.693. The van der Waals surface area contributed by atoms with E-state index in [1.165, 1.54) is 44.9 Å². The molecule has 0 aromatic carbocycles. The van der Waals surface area contributed by atoms with E-state index in [0.29, 0.717) is 18.1 Å². The molecule has 0 saturated carbocycles. The van der Waals surface area contributed by atoms with Gasteiger partial charge in [-0.05, 0) is 45.1 Å².